The Kier molecular flexibility index (Phi) is 26.5. The van der Waals surface area contributed by atoms with Crippen LogP contribution in [0, 0.1) is 18.7 Å². The minimum atomic E-state index is 0. The monoisotopic (exact) mass is 753 g/mol. The van der Waals surface area contributed by atoms with Gasteiger partial charge in [-0.05, 0) is 11.1 Å². The summed E-state index contributed by atoms with van der Waals surface area (Å²) >= 11 is 0. The maximum Gasteiger partial charge on any atom is 0.205 e. The molecule has 0 fully saturated rings. The molecule has 2 heterocycles. The number of carbonyl (C=O) groups is 2. The van der Waals surface area contributed by atoms with Crippen molar-refractivity contribution in [2.24, 2.45) is 0 Å². The van der Waals surface area contributed by atoms with Crippen LogP contribution in [0.25, 0.3) is 4.85 Å². The van der Waals surface area contributed by atoms with Crippen molar-refractivity contribution < 1.29 is 75.0 Å². The molecule has 4 aromatic carbocycles. The molecule has 2 aliphatic heterocycles. The van der Waals surface area contributed by atoms with Crippen LogP contribution in [0.4, 0.5) is 0 Å². The van der Waals surface area contributed by atoms with Gasteiger partial charge in [0.05, 0.1) is 0 Å². The SMILES string of the molecule is CC.CC.CC.O=C1c2[c-]cccc2CN1Cc1ccccc1.O=C1c2[c-]cccc2CN1Cc1ccccc1.[C-]#[N+]C.[Y].[Y]. The van der Waals surface area contributed by atoms with Crippen LogP contribution in [0.3, 0.4) is 0 Å². The number of fused-ring (bicyclic) bond motifs is 2. The molecule has 2 aliphatic rings. The maximum atomic E-state index is 12.1. The fourth-order valence-corrected chi connectivity index (χ4v) is 4.34. The van der Waals surface area contributed by atoms with Gasteiger partial charge in [-0.25, -0.2) is 6.57 Å². The standard InChI is InChI=1S/2C15H12NO.C2H3N.3C2H6.2Y/c2*17-15-14-9-5-4-8-13(14)11-16(15)10-12-6-2-1-3-7-12;1-3-2;3*1-2;;/h2*1-8H,10-11H2;1H3;3*1-2H3;;/q2*-1;;;;;;. The first-order valence-electron chi connectivity index (χ1n) is 15.0. The van der Waals surface area contributed by atoms with E-state index >= 15 is 0 Å². The number of carbonyl (C=O) groups excluding carboxylic acids is 2. The number of rotatable bonds is 4. The van der Waals surface area contributed by atoms with E-state index in [0.29, 0.717) is 26.2 Å². The third-order valence-electron chi connectivity index (χ3n) is 6.04. The number of benzene rings is 4. The van der Waals surface area contributed by atoms with Crippen LogP contribution in [-0.2, 0) is 91.6 Å². The van der Waals surface area contributed by atoms with E-state index in [0.717, 1.165) is 33.4 Å². The van der Waals surface area contributed by atoms with Gasteiger partial charge in [0.1, 0.15) is 0 Å². The van der Waals surface area contributed by atoms with Crippen LogP contribution in [0.1, 0.15) is 84.5 Å². The first-order valence-corrected chi connectivity index (χ1v) is 15.0. The van der Waals surface area contributed by atoms with Gasteiger partial charge < -0.3 is 24.2 Å². The van der Waals surface area contributed by atoms with Gasteiger partial charge in [0.2, 0.25) is 7.05 Å². The second-order valence-corrected chi connectivity index (χ2v) is 8.66. The predicted octanol–water partition coefficient (Wildman–Crippen LogP) is 8.89. The van der Waals surface area contributed by atoms with E-state index in [1.807, 2.05) is 136 Å². The molecule has 0 atom stereocenters. The van der Waals surface area contributed by atoms with Crippen molar-refractivity contribution in [3.8, 4) is 0 Å². The van der Waals surface area contributed by atoms with E-state index in [4.69, 9.17) is 6.57 Å². The van der Waals surface area contributed by atoms with E-state index in [1.165, 1.54) is 7.05 Å². The minimum Gasteiger partial charge on any atom is -0.378 e. The molecule has 0 aromatic heterocycles. The van der Waals surface area contributed by atoms with Crippen molar-refractivity contribution in [3.63, 3.8) is 0 Å². The van der Waals surface area contributed by atoms with Crippen molar-refractivity contribution in [3.05, 3.63) is 154 Å². The van der Waals surface area contributed by atoms with Gasteiger partial charge in [-0.2, -0.15) is 0 Å². The van der Waals surface area contributed by atoms with E-state index in [9.17, 15) is 9.59 Å². The van der Waals surface area contributed by atoms with E-state index < -0.39 is 0 Å². The first kappa shape index (κ1) is 44.6. The summed E-state index contributed by atoms with van der Waals surface area (Å²) in [6, 6.07) is 37.6. The molecular weight excluding hydrogens is 708 g/mol. The van der Waals surface area contributed by atoms with Crippen molar-refractivity contribution >= 4 is 11.8 Å². The molecule has 0 spiro atoms. The van der Waals surface area contributed by atoms with E-state index in [1.54, 1.807) is 12.1 Å². The summed E-state index contributed by atoms with van der Waals surface area (Å²) in [6.07, 6.45) is 0. The molecule has 5 nitrogen and oxygen atoms in total. The Morgan fingerprint density at radius 1 is 0.600 bits per heavy atom. The van der Waals surface area contributed by atoms with Gasteiger partial charge >= 0.3 is 0 Å². The smallest absolute Gasteiger partial charge is 0.205 e. The Hall–Kier alpha value is -2.48. The molecule has 0 bridgehead atoms. The molecule has 0 N–H and O–H groups in total. The zero-order chi connectivity index (χ0) is 32.0. The average molecular weight is 754 g/mol. The van der Waals surface area contributed by atoms with Gasteiger partial charge in [0.25, 0.3) is 0 Å². The molecule has 2 amide bonds. The molecule has 232 valence electrons. The van der Waals surface area contributed by atoms with Crippen LogP contribution in [0.5, 0.6) is 0 Å². The molecule has 7 heteroatoms. The fraction of sp³-hybridized carbons (Fsp3) is 0.289. The second kappa shape index (κ2) is 26.7. The summed E-state index contributed by atoms with van der Waals surface area (Å²) in [5, 5.41) is 0. The van der Waals surface area contributed by atoms with E-state index in [2.05, 4.69) is 17.0 Å². The van der Waals surface area contributed by atoms with Crippen molar-refractivity contribution in [1.82, 2.24) is 9.80 Å². The van der Waals surface area contributed by atoms with Crippen LogP contribution >= 0.6 is 0 Å². The van der Waals surface area contributed by atoms with E-state index in [-0.39, 0.29) is 77.2 Å². The number of hydrogen-bond acceptors (Lipinski definition) is 2. The molecule has 0 aliphatic carbocycles. The number of amides is 2. The molecule has 0 unspecified atom stereocenters. The summed E-state index contributed by atoms with van der Waals surface area (Å²) in [5.41, 5.74) is 5.93. The number of hydrogen-bond donors (Lipinski definition) is 0. The van der Waals surface area contributed by atoms with Crippen LogP contribution in [0.2, 0.25) is 0 Å². The summed E-state index contributed by atoms with van der Waals surface area (Å²) in [6.45, 7) is 20.6. The molecule has 2 radical (unpaired) electrons. The van der Waals surface area contributed by atoms with Crippen LogP contribution in [-0.4, -0.2) is 28.7 Å². The van der Waals surface area contributed by atoms with Gasteiger partial charge in [-0.15, -0.1) is 59.7 Å². The summed E-state index contributed by atoms with van der Waals surface area (Å²) < 4.78 is 0. The Bertz CT molecular complexity index is 1300. The predicted molar refractivity (Wildman–Crippen MR) is 177 cm³/mol. The molecular formula is C38H45N3O2Y2-2. The third kappa shape index (κ3) is 14.2. The second-order valence-electron chi connectivity index (χ2n) is 8.66. The first-order chi connectivity index (χ1) is 21.1. The topological polar surface area (TPSA) is 45.0 Å². The fourth-order valence-electron chi connectivity index (χ4n) is 4.34. The van der Waals surface area contributed by atoms with Crippen molar-refractivity contribution in [2.75, 3.05) is 7.05 Å². The summed E-state index contributed by atoms with van der Waals surface area (Å²) in [4.78, 5) is 30.7. The van der Waals surface area contributed by atoms with Crippen LogP contribution < -0.4 is 0 Å². The van der Waals surface area contributed by atoms with Crippen molar-refractivity contribution in [1.29, 1.82) is 0 Å². The maximum absolute atomic E-state index is 12.1. The Morgan fingerprint density at radius 2 is 0.911 bits per heavy atom. The van der Waals surface area contributed by atoms with Crippen molar-refractivity contribution in [2.45, 2.75) is 67.7 Å². The molecule has 0 saturated carbocycles. The van der Waals surface area contributed by atoms with Gasteiger partial charge in [-0.1, -0.05) is 113 Å². The average Bonchev–Trinajstić information content (AvgIpc) is 3.57. The van der Waals surface area contributed by atoms with Crippen LogP contribution in [0.15, 0.2) is 97.1 Å². The summed E-state index contributed by atoms with van der Waals surface area (Å²) in [5.74, 6) is 0.175. The van der Waals surface area contributed by atoms with Gasteiger partial charge in [0, 0.05) is 91.6 Å². The third-order valence-corrected chi connectivity index (χ3v) is 6.04. The largest absolute Gasteiger partial charge is 0.378 e. The Morgan fingerprint density at radius 3 is 1.20 bits per heavy atom. The molecule has 45 heavy (non-hydrogen) atoms. The molecule has 0 saturated heterocycles. The zero-order valence-corrected chi connectivity index (χ0v) is 33.6. The molecule has 6 rings (SSSR count). The zero-order valence-electron chi connectivity index (χ0n) is 27.9. The molecule has 4 aromatic rings. The quantitative estimate of drug-likeness (QED) is 0.196. The normalized spacial score (nSPS) is 11.1. The summed E-state index contributed by atoms with van der Waals surface area (Å²) in [7, 11) is 1.42. The Balaban J connectivity index is 0. The van der Waals surface area contributed by atoms with Gasteiger partial charge in [0.15, 0.2) is 11.8 Å². The Labute approximate surface area is 322 Å². The number of nitrogens with zero attached hydrogens (tertiary/aromatic N) is 3. The minimum absolute atomic E-state index is 0. The van der Waals surface area contributed by atoms with Gasteiger partial charge in [-0.3, -0.25) is 0 Å².